The summed E-state index contributed by atoms with van der Waals surface area (Å²) in [5.41, 5.74) is 6.80. The van der Waals surface area contributed by atoms with Crippen LogP contribution in [0.1, 0.15) is 18.9 Å². The number of nitrogens with one attached hydrogen (secondary N) is 1. The molecular formula is C14H18N2O3S2. The average molecular weight is 326 g/mol. The average Bonchev–Trinajstić information content (AvgIpc) is 2.96. The van der Waals surface area contributed by atoms with E-state index in [0.29, 0.717) is 18.8 Å². The quantitative estimate of drug-likeness (QED) is 0.820. The maximum Gasteiger partial charge on any atom is 0.271 e. The summed E-state index contributed by atoms with van der Waals surface area (Å²) in [6.45, 7) is 3.00. The molecular weight excluding hydrogens is 308 g/mol. The van der Waals surface area contributed by atoms with Crippen molar-refractivity contribution in [3.8, 4) is 5.75 Å². The second kappa shape index (κ2) is 6.93. The van der Waals surface area contributed by atoms with Crippen molar-refractivity contribution in [3.05, 3.63) is 41.3 Å². The van der Waals surface area contributed by atoms with Crippen molar-refractivity contribution in [3.63, 3.8) is 0 Å². The summed E-state index contributed by atoms with van der Waals surface area (Å²) >= 11 is 1.16. The first-order chi connectivity index (χ1) is 10.0. The van der Waals surface area contributed by atoms with Crippen LogP contribution in [0, 0.1) is 0 Å². The molecule has 0 atom stereocenters. The fraction of sp³-hybridized carbons (Fsp3) is 0.286. The van der Waals surface area contributed by atoms with E-state index in [9.17, 15) is 8.42 Å². The number of benzene rings is 1. The lowest BCUT2D eigenvalue weighted by molar-refractivity contribution is 0.317. The lowest BCUT2D eigenvalue weighted by Gasteiger charge is -2.08. The number of nitrogens with two attached hydrogens (primary N) is 1. The Kier molecular flexibility index (Phi) is 5.22. The van der Waals surface area contributed by atoms with Crippen molar-refractivity contribution in [2.24, 2.45) is 5.73 Å². The third-order valence-corrected chi connectivity index (χ3v) is 5.58. The van der Waals surface area contributed by atoms with Gasteiger partial charge in [0.1, 0.15) is 9.96 Å². The zero-order chi connectivity index (χ0) is 15.3. The Bertz CT molecular complexity index is 678. The lowest BCUT2D eigenvalue weighted by Crippen LogP contribution is -2.11. The van der Waals surface area contributed by atoms with E-state index in [2.05, 4.69) is 4.72 Å². The maximum atomic E-state index is 12.2. The number of hydrogen-bond donors (Lipinski definition) is 2. The van der Waals surface area contributed by atoms with Gasteiger partial charge >= 0.3 is 0 Å². The van der Waals surface area contributed by atoms with Gasteiger partial charge in [0, 0.05) is 12.2 Å². The van der Waals surface area contributed by atoms with E-state index in [1.165, 1.54) is 0 Å². The molecule has 0 spiro atoms. The van der Waals surface area contributed by atoms with E-state index in [-0.39, 0.29) is 4.21 Å². The fourth-order valence-electron chi connectivity index (χ4n) is 1.65. The molecule has 114 valence electrons. The molecule has 1 aromatic heterocycles. The van der Waals surface area contributed by atoms with E-state index < -0.39 is 10.0 Å². The van der Waals surface area contributed by atoms with Gasteiger partial charge in [0.15, 0.2) is 0 Å². The Morgan fingerprint density at radius 2 is 2.00 bits per heavy atom. The van der Waals surface area contributed by atoms with Crippen molar-refractivity contribution < 1.29 is 13.2 Å². The van der Waals surface area contributed by atoms with Crippen LogP contribution in [0.3, 0.4) is 0 Å². The summed E-state index contributed by atoms with van der Waals surface area (Å²) in [6.07, 6.45) is 0.927. The summed E-state index contributed by atoms with van der Waals surface area (Å²) in [4.78, 5) is 0. The minimum absolute atomic E-state index is 0.259. The van der Waals surface area contributed by atoms with E-state index in [1.807, 2.05) is 6.92 Å². The van der Waals surface area contributed by atoms with Gasteiger partial charge in [-0.25, -0.2) is 8.42 Å². The number of sulfonamides is 1. The lowest BCUT2D eigenvalue weighted by atomic mass is 10.3. The first-order valence-electron chi connectivity index (χ1n) is 6.58. The van der Waals surface area contributed by atoms with E-state index in [1.54, 1.807) is 35.7 Å². The topological polar surface area (TPSA) is 81.4 Å². The van der Waals surface area contributed by atoms with Crippen LogP contribution in [0.5, 0.6) is 5.75 Å². The Morgan fingerprint density at radius 1 is 1.29 bits per heavy atom. The summed E-state index contributed by atoms with van der Waals surface area (Å²) < 4.78 is 32.7. The molecule has 2 aromatic rings. The Balaban J connectivity index is 2.09. The van der Waals surface area contributed by atoms with Gasteiger partial charge in [-0.2, -0.15) is 0 Å². The molecule has 0 unspecified atom stereocenters. The van der Waals surface area contributed by atoms with Crippen LogP contribution in [0.4, 0.5) is 5.69 Å². The molecule has 1 aromatic carbocycles. The monoisotopic (exact) mass is 326 g/mol. The third kappa shape index (κ3) is 4.20. The number of hydrogen-bond acceptors (Lipinski definition) is 5. The first-order valence-corrected chi connectivity index (χ1v) is 8.94. The van der Waals surface area contributed by atoms with E-state index in [0.717, 1.165) is 29.1 Å². The number of ether oxygens (including phenoxy) is 1. The van der Waals surface area contributed by atoms with Gasteiger partial charge in [-0.3, -0.25) is 4.72 Å². The van der Waals surface area contributed by atoms with Crippen molar-refractivity contribution in [1.82, 2.24) is 0 Å². The Labute approximate surface area is 128 Å². The zero-order valence-electron chi connectivity index (χ0n) is 11.7. The van der Waals surface area contributed by atoms with E-state index in [4.69, 9.17) is 10.5 Å². The molecule has 0 aliphatic heterocycles. The molecule has 0 saturated heterocycles. The highest BCUT2D eigenvalue weighted by atomic mass is 32.2. The molecule has 0 fully saturated rings. The normalized spacial score (nSPS) is 11.3. The van der Waals surface area contributed by atoms with Gasteiger partial charge in [-0.1, -0.05) is 6.92 Å². The van der Waals surface area contributed by atoms with Gasteiger partial charge in [0.25, 0.3) is 10.0 Å². The Morgan fingerprint density at radius 3 is 2.57 bits per heavy atom. The summed E-state index contributed by atoms with van der Waals surface area (Å²) in [6, 6.07) is 8.44. The molecule has 3 N–H and O–H groups in total. The van der Waals surface area contributed by atoms with Gasteiger partial charge in [-0.05, 0) is 47.7 Å². The SMILES string of the molecule is CCCOc1ccc(NS(=O)(=O)c2cc(CN)cs2)cc1. The molecule has 1 heterocycles. The number of anilines is 1. The van der Waals surface area contributed by atoms with Gasteiger partial charge < -0.3 is 10.5 Å². The second-order valence-corrected chi connectivity index (χ2v) is 7.28. The van der Waals surface area contributed by atoms with Crippen LogP contribution in [-0.4, -0.2) is 15.0 Å². The maximum absolute atomic E-state index is 12.2. The molecule has 0 bridgehead atoms. The van der Waals surface area contributed by atoms with Crippen LogP contribution >= 0.6 is 11.3 Å². The molecule has 0 radical (unpaired) electrons. The van der Waals surface area contributed by atoms with Crippen LogP contribution in [0.15, 0.2) is 39.9 Å². The summed E-state index contributed by atoms with van der Waals surface area (Å²) in [7, 11) is -3.56. The molecule has 7 heteroatoms. The summed E-state index contributed by atoms with van der Waals surface area (Å²) in [5.74, 6) is 0.723. The van der Waals surface area contributed by atoms with Gasteiger partial charge in [0.2, 0.25) is 0 Å². The molecule has 0 aliphatic carbocycles. The number of thiophene rings is 1. The van der Waals surface area contributed by atoms with E-state index >= 15 is 0 Å². The highest BCUT2D eigenvalue weighted by Gasteiger charge is 2.16. The highest BCUT2D eigenvalue weighted by Crippen LogP contribution is 2.24. The molecule has 2 rings (SSSR count). The van der Waals surface area contributed by atoms with Crippen LogP contribution < -0.4 is 15.2 Å². The molecule has 0 aliphatic rings. The van der Waals surface area contributed by atoms with Crippen molar-refractivity contribution >= 4 is 27.0 Å². The fourth-order valence-corrected chi connectivity index (χ4v) is 3.93. The minimum atomic E-state index is -3.56. The minimum Gasteiger partial charge on any atom is -0.494 e. The number of rotatable bonds is 7. The van der Waals surface area contributed by atoms with Crippen LogP contribution in [-0.2, 0) is 16.6 Å². The molecule has 21 heavy (non-hydrogen) atoms. The molecule has 5 nitrogen and oxygen atoms in total. The van der Waals surface area contributed by atoms with Crippen LogP contribution in [0.2, 0.25) is 0 Å². The van der Waals surface area contributed by atoms with Crippen LogP contribution in [0.25, 0.3) is 0 Å². The largest absolute Gasteiger partial charge is 0.494 e. The summed E-state index contributed by atoms with van der Waals surface area (Å²) in [5, 5.41) is 1.75. The molecule has 0 amide bonds. The predicted octanol–water partition coefficient (Wildman–Crippen LogP) is 2.80. The van der Waals surface area contributed by atoms with Crippen molar-refractivity contribution in [2.45, 2.75) is 24.1 Å². The Hall–Kier alpha value is -1.57. The van der Waals surface area contributed by atoms with Crippen molar-refractivity contribution in [1.29, 1.82) is 0 Å². The second-order valence-electron chi connectivity index (χ2n) is 4.46. The highest BCUT2D eigenvalue weighted by molar-refractivity contribution is 7.94. The van der Waals surface area contributed by atoms with Gasteiger partial charge in [0.05, 0.1) is 6.61 Å². The molecule has 0 saturated carbocycles. The smallest absolute Gasteiger partial charge is 0.271 e. The van der Waals surface area contributed by atoms with Crippen molar-refractivity contribution in [2.75, 3.05) is 11.3 Å². The van der Waals surface area contributed by atoms with Gasteiger partial charge in [-0.15, -0.1) is 11.3 Å². The first kappa shape index (κ1) is 15.8. The third-order valence-electron chi connectivity index (χ3n) is 2.71. The zero-order valence-corrected chi connectivity index (χ0v) is 13.3. The standard InChI is InChI=1S/C14H18N2O3S2/c1-2-7-19-13-5-3-12(4-6-13)16-21(17,18)14-8-11(9-15)10-20-14/h3-6,8,10,16H,2,7,9,15H2,1H3. The predicted molar refractivity (Wildman–Crippen MR) is 85.2 cm³/mol.